The zero-order chi connectivity index (χ0) is 9.73. The van der Waals surface area contributed by atoms with Crippen LogP contribution in [0.5, 0.6) is 0 Å². The van der Waals surface area contributed by atoms with E-state index in [-0.39, 0.29) is 0 Å². The third-order valence-electron chi connectivity index (χ3n) is 2.72. The number of carboxylic acids is 1. The van der Waals surface area contributed by atoms with Crippen molar-refractivity contribution >= 4 is 17.7 Å². The lowest BCUT2D eigenvalue weighted by Gasteiger charge is -2.26. The number of hydrogen-bond acceptors (Lipinski definition) is 2. The minimum Gasteiger partial charge on any atom is -0.480 e. The predicted octanol–water partition coefficient (Wildman–Crippen LogP) is 2.92. The molecule has 0 radical (unpaired) electrons. The normalized spacial score (nSPS) is 22.2. The van der Waals surface area contributed by atoms with Gasteiger partial charge in [0.05, 0.1) is 0 Å². The van der Waals surface area contributed by atoms with Crippen molar-refractivity contribution in [2.24, 2.45) is 0 Å². The Morgan fingerprint density at radius 3 is 2.23 bits per heavy atom. The molecule has 0 aromatic rings. The predicted molar refractivity (Wildman–Crippen MR) is 56.2 cm³/mol. The van der Waals surface area contributed by atoms with Crippen LogP contribution >= 0.6 is 11.8 Å². The Kier molecular flexibility index (Phi) is 4.10. The summed E-state index contributed by atoms with van der Waals surface area (Å²) in [5.41, 5.74) is 0. The summed E-state index contributed by atoms with van der Waals surface area (Å²) in [5, 5.41) is 9.22. The molecule has 0 heterocycles. The van der Waals surface area contributed by atoms with E-state index < -0.39 is 10.7 Å². The van der Waals surface area contributed by atoms with Gasteiger partial charge in [-0.05, 0) is 18.6 Å². The van der Waals surface area contributed by atoms with Gasteiger partial charge in [-0.1, -0.05) is 32.6 Å². The monoisotopic (exact) mass is 202 g/mol. The van der Waals surface area contributed by atoms with Crippen molar-refractivity contribution in [2.75, 3.05) is 5.75 Å². The third-order valence-corrected chi connectivity index (χ3v) is 4.15. The topological polar surface area (TPSA) is 37.3 Å². The number of rotatable bonds is 3. The maximum absolute atomic E-state index is 11.2. The van der Waals surface area contributed by atoms with Gasteiger partial charge in [0.25, 0.3) is 0 Å². The minimum absolute atomic E-state index is 0.453. The molecule has 13 heavy (non-hydrogen) atoms. The Balaban J connectivity index is 2.67. The molecule has 76 valence electrons. The van der Waals surface area contributed by atoms with Crippen molar-refractivity contribution < 1.29 is 9.90 Å². The first-order valence-electron chi connectivity index (χ1n) is 5.08. The first kappa shape index (κ1) is 10.9. The van der Waals surface area contributed by atoms with E-state index in [2.05, 4.69) is 0 Å². The van der Waals surface area contributed by atoms with E-state index >= 15 is 0 Å². The Bertz CT molecular complexity index is 172. The maximum atomic E-state index is 11.2. The standard InChI is InChI=1S/C10H18O2S/c1-2-13-10(9(11)12)7-5-3-4-6-8-10/h2-8H2,1H3,(H,11,12). The molecule has 0 spiro atoms. The smallest absolute Gasteiger partial charge is 0.319 e. The van der Waals surface area contributed by atoms with Crippen molar-refractivity contribution in [3.8, 4) is 0 Å². The molecule has 1 aliphatic carbocycles. The molecule has 3 heteroatoms. The molecule has 1 fully saturated rings. The largest absolute Gasteiger partial charge is 0.480 e. The first-order valence-corrected chi connectivity index (χ1v) is 6.07. The van der Waals surface area contributed by atoms with Crippen LogP contribution in [0, 0.1) is 0 Å². The number of hydrogen-bond donors (Lipinski definition) is 1. The molecular formula is C10H18O2S. The van der Waals surface area contributed by atoms with Crippen LogP contribution in [-0.2, 0) is 4.79 Å². The Hall–Kier alpha value is -0.180. The molecule has 1 saturated carbocycles. The summed E-state index contributed by atoms with van der Waals surface area (Å²) in [7, 11) is 0. The molecule has 0 saturated heterocycles. The maximum Gasteiger partial charge on any atom is 0.319 e. The highest BCUT2D eigenvalue weighted by Crippen LogP contribution is 2.38. The van der Waals surface area contributed by atoms with Crippen molar-refractivity contribution in [3.63, 3.8) is 0 Å². The van der Waals surface area contributed by atoms with Crippen LogP contribution in [0.1, 0.15) is 45.4 Å². The van der Waals surface area contributed by atoms with E-state index in [1.54, 1.807) is 11.8 Å². The fourth-order valence-electron chi connectivity index (χ4n) is 2.00. The minimum atomic E-state index is -0.596. The van der Waals surface area contributed by atoms with E-state index in [1.807, 2.05) is 6.92 Å². The highest BCUT2D eigenvalue weighted by atomic mass is 32.2. The molecule has 0 aromatic carbocycles. The second-order valence-corrected chi connectivity index (χ2v) is 5.29. The van der Waals surface area contributed by atoms with Crippen molar-refractivity contribution in [3.05, 3.63) is 0 Å². The molecule has 0 aromatic heterocycles. The van der Waals surface area contributed by atoms with Gasteiger partial charge in [0, 0.05) is 0 Å². The Morgan fingerprint density at radius 2 is 1.85 bits per heavy atom. The van der Waals surface area contributed by atoms with Crippen LogP contribution in [0.25, 0.3) is 0 Å². The summed E-state index contributed by atoms with van der Waals surface area (Å²) >= 11 is 1.62. The van der Waals surface area contributed by atoms with Crippen molar-refractivity contribution in [2.45, 2.75) is 50.2 Å². The van der Waals surface area contributed by atoms with E-state index in [1.165, 1.54) is 12.8 Å². The van der Waals surface area contributed by atoms with Crippen LogP contribution in [0.2, 0.25) is 0 Å². The number of thioether (sulfide) groups is 1. The molecule has 0 atom stereocenters. The molecule has 0 aliphatic heterocycles. The summed E-state index contributed by atoms with van der Waals surface area (Å²) in [4.78, 5) is 11.2. The molecule has 2 nitrogen and oxygen atoms in total. The zero-order valence-corrected chi connectivity index (χ0v) is 9.03. The average Bonchev–Trinajstić information content (AvgIpc) is 2.31. The molecule has 1 N–H and O–H groups in total. The molecule has 0 bridgehead atoms. The van der Waals surface area contributed by atoms with E-state index in [0.717, 1.165) is 31.4 Å². The van der Waals surface area contributed by atoms with Crippen LogP contribution in [0.3, 0.4) is 0 Å². The number of carboxylic acid groups (broad SMARTS) is 1. The van der Waals surface area contributed by atoms with E-state index in [9.17, 15) is 9.90 Å². The second-order valence-electron chi connectivity index (χ2n) is 3.65. The lowest BCUT2D eigenvalue weighted by Crippen LogP contribution is -2.34. The fourth-order valence-corrected chi connectivity index (χ4v) is 3.25. The van der Waals surface area contributed by atoms with Crippen LogP contribution < -0.4 is 0 Å². The lowest BCUT2D eigenvalue weighted by atomic mass is 9.99. The number of aliphatic carboxylic acids is 1. The van der Waals surface area contributed by atoms with Gasteiger partial charge in [-0.15, -0.1) is 11.8 Å². The van der Waals surface area contributed by atoms with Gasteiger partial charge < -0.3 is 5.11 Å². The van der Waals surface area contributed by atoms with Crippen molar-refractivity contribution in [1.29, 1.82) is 0 Å². The zero-order valence-electron chi connectivity index (χ0n) is 8.21. The quantitative estimate of drug-likeness (QED) is 0.715. The summed E-state index contributed by atoms with van der Waals surface area (Å²) in [6.45, 7) is 2.04. The van der Waals surface area contributed by atoms with E-state index in [4.69, 9.17) is 0 Å². The van der Waals surface area contributed by atoms with Gasteiger partial charge >= 0.3 is 5.97 Å². The highest BCUT2D eigenvalue weighted by Gasteiger charge is 2.38. The molecule has 0 amide bonds. The first-order chi connectivity index (χ1) is 6.21. The van der Waals surface area contributed by atoms with Gasteiger partial charge in [-0.3, -0.25) is 4.79 Å². The summed E-state index contributed by atoms with van der Waals surface area (Å²) in [6, 6.07) is 0. The molecule has 1 rings (SSSR count). The van der Waals surface area contributed by atoms with Gasteiger partial charge in [0.2, 0.25) is 0 Å². The molecule has 1 aliphatic rings. The second kappa shape index (κ2) is 4.89. The van der Waals surface area contributed by atoms with Crippen LogP contribution in [-0.4, -0.2) is 21.6 Å². The van der Waals surface area contributed by atoms with Gasteiger partial charge in [0.15, 0.2) is 0 Å². The van der Waals surface area contributed by atoms with Crippen molar-refractivity contribution in [1.82, 2.24) is 0 Å². The van der Waals surface area contributed by atoms with Crippen LogP contribution in [0.15, 0.2) is 0 Å². The number of carbonyl (C=O) groups is 1. The summed E-state index contributed by atoms with van der Waals surface area (Å²) in [5.74, 6) is 0.313. The Morgan fingerprint density at radius 1 is 1.31 bits per heavy atom. The van der Waals surface area contributed by atoms with Gasteiger partial charge in [0.1, 0.15) is 4.75 Å². The molecule has 0 unspecified atom stereocenters. The summed E-state index contributed by atoms with van der Waals surface area (Å²) in [6.07, 6.45) is 6.30. The fraction of sp³-hybridized carbons (Fsp3) is 0.900. The van der Waals surface area contributed by atoms with Crippen LogP contribution in [0.4, 0.5) is 0 Å². The average molecular weight is 202 g/mol. The third kappa shape index (κ3) is 2.63. The van der Waals surface area contributed by atoms with Gasteiger partial charge in [-0.25, -0.2) is 0 Å². The Labute approximate surface area is 84.1 Å². The highest BCUT2D eigenvalue weighted by molar-refractivity contribution is 8.01. The summed E-state index contributed by atoms with van der Waals surface area (Å²) < 4.78 is -0.453. The van der Waals surface area contributed by atoms with E-state index in [0.29, 0.717) is 0 Å². The van der Waals surface area contributed by atoms with Gasteiger partial charge in [-0.2, -0.15) is 0 Å². The SMILES string of the molecule is CCSC1(C(=O)O)CCCCCC1. The lowest BCUT2D eigenvalue weighted by molar-refractivity contribution is -0.140. The molecular weight excluding hydrogens is 184 g/mol.